The number of amides is 1. The molecular formula is C16H25N3OS. The zero-order chi connectivity index (χ0) is 14.7. The summed E-state index contributed by atoms with van der Waals surface area (Å²) in [5.74, 6) is 0.805. The monoisotopic (exact) mass is 307 g/mol. The van der Waals surface area contributed by atoms with Crippen molar-refractivity contribution in [2.75, 3.05) is 26.2 Å². The molecule has 0 radical (unpaired) electrons. The molecule has 116 valence electrons. The molecule has 0 aliphatic carbocycles. The van der Waals surface area contributed by atoms with Gasteiger partial charge < -0.3 is 4.90 Å². The number of thiazole rings is 1. The van der Waals surface area contributed by atoms with Gasteiger partial charge >= 0.3 is 0 Å². The Morgan fingerprint density at radius 3 is 3.00 bits per heavy atom. The predicted octanol–water partition coefficient (Wildman–Crippen LogP) is 2.72. The van der Waals surface area contributed by atoms with Gasteiger partial charge in [0.2, 0.25) is 5.91 Å². The Bertz CT molecular complexity index is 462. The van der Waals surface area contributed by atoms with E-state index in [0.717, 1.165) is 39.0 Å². The van der Waals surface area contributed by atoms with E-state index in [9.17, 15) is 4.79 Å². The fourth-order valence-electron chi connectivity index (χ4n) is 3.67. The van der Waals surface area contributed by atoms with Gasteiger partial charge in [-0.25, -0.2) is 4.98 Å². The van der Waals surface area contributed by atoms with Gasteiger partial charge in [-0.2, -0.15) is 0 Å². The number of hydrogen-bond acceptors (Lipinski definition) is 4. The molecule has 2 aliphatic rings. The van der Waals surface area contributed by atoms with E-state index < -0.39 is 0 Å². The summed E-state index contributed by atoms with van der Waals surface area (Å²) in [6.07, 6.45) is 7.61. The Kier molecular flexibility index (Phi) is 4.91. The molecule has 3 rings (SSSR count). The third-order valence-electron chi connectivity index (χ3n) is 4.84. The fourth-order valence-corrected chi connectivity index (χ4v) is 4.44. The minimum Gasteiger partial charge on any atom is -0.341 e. The molecule has 1 aromatic heterocycles. The Balaban J connectivity index is 1.66. The fraction of sp³-hybridized carbons (Fsp3) is 0.750. The molecule has 0 aromatic carbocycles. The van der Waals surface area contributed by atoms with E-state index >= 15 is 0 Å². The first-order chi connectivity index (χ1) is 10.3. The zero-order valence-electron chi connectivity index (χ0n) is 12.8. The molecular weight excluding hydrogens is 282 g/mol. The number of rotatable bonds is 3. The van der Waals surface area contributed by atoms with Gasteiger partial charge in [-0.3, -0.25) is 9.69 Å². The van der Waals surface area contributed by atoms with Crippen molar-refractivity contribution in [1.29, 1.82) is 0 Å². The summed E-state index contributed by atoms with van der Waals surface area (Å²) in [4.78, 5) is 21.8. The van der Waals surface area contributed by atoms with Crippen LogP contribution in [0, 0.1) is 0 Å². The lowest BCUT2D eigenvalue weighted by Gasteiger charge is -2.39. The molecule has 2 atom stereocenters. The van der Waals surface area contributed by atoms with Crippen molar-refractivity contribution in [2.45, 2.75) is 51.0 Å². The standard InChI is InChI=1S/C16H25N3OS/c1-2-18-9-4-3-7-14(18)16(20)19-10-5-6-13(12-19)15-17-8-11-21-15/h8,11,13-14H,2-7,9-10,12H2,1H3/t13-,14-/m0/s1. The van der Waals surface area contributed by atoms with Crippen molar-refractivity contribution >= 4 is 17.2 Å². The molecule has 0 bridgehead atoms. The minimum atomic E-state index is 0.124. The number of carbonyl (C=O) groups is 1. The SMILES string of the molecule is CCN1CCCC[C@H]1C(=O)N1CCC[C@H](c2nccs2)C1. The van der Waals surface area contributed by atoms with Crippen LogP contribution in [-0.4, -0.2) is 52.9 Å². The first-order valence-electron chi connectivity index (χ1n) is 8.22. The van der Waals surface area contributed by atoms with Crippen LogP contribution >= 0.6 is 11.3 Å². The van der Waals surface area contributed by atoms with Gasteiger partial charge in [0.15, 0.2) is 0 Å². The molecule has 0 N–H and O–H groups in total. The van der Waals surface area contributed by atoms with Crippen molar-refractivity contribution < 1.29 is 4.79 Å². The van der Waals surface area contributed by atoms with Gasteiger partial charge in [0.05, 0.1) is 11.0 Å². The van der Waals surface area contributed by atoms with Gasteiger partial charge in [-0.15, -0.1) is 11.3 Å². The van der Waals surface area contributed by atoms with Crippen LogP contribution in [0.5, 0.6) is 0 Å². The summed E-state index contributed by atoms with van der Waals surface area (Å²) in [7, 11) is 0. The Morgan fingerprint density at radius 2 is 2.24 bits per heavy atom. The topological polar surface area (TPSA) is 36.4 Å². The molecule has 21 heavy (non-hydrogen) atoms. The van der Waals surface area contributed by atoms with Crippen molar-refractivity contribution in [1.82, 2.24) is 14.8 Å². The Morgan fingerprint density at radius 1 is 1.33 bits per heavy atom. The first kappa shape index (κ1) is 15.0. The van der Waals surface area contributed by atoms with E-state index in [2.05, 4.69) is 21.7 Å². The summed E-state index contributed by atoms with van der Waals surface area (Å²) < 4.78 is 0. The van der Waals surface area contributed by atoms with Crippen molar-refractivity contribution in [3.05, 3.63) is 16.6 Å². The number of carbonyl (C=O) groups excluding carboxylic acids is 1. The number of nitrogens with zero attached hydrogens (tertiary/aromatic N) is 3. The number of hydrogen-bond donors (Lipinski definition) is 0. The predicted molar refractivity (Wildman–Crippen MR) is 85.6 cm³/mol. The van der Waals surface area contributed by atoms with E-state index in [0.29, 0.717) is 11.8 Å². The highest BCUT2D eigenvalue weighted by atomic mass is 32.1. The van der Waals surface area contributed by atoms with E-state index in [-0.39, 0.29) is 6.04 Å². The maximum absolute atomic E-state index is 12.9. The summed E-state index contributed by atoms with van der Waals surface area (Å²) in [5.41, 5.74) is 0. The maximum atomic E-state index is 12.9. The summed E-state index contributed by atoms with van der Waals surface area (Å²) in [5, 5.41) is 3.24. The molecule has 2 fully saturated rings. The second-order valence-corrected chi connectivity index (χ2v) is 7.06. The Labute approximate surface area is 131 Å². The lowest BCUT2D eigenvalue weighted by atomic mass is 9.96. The third-order valence-corrected chi connectivity index (χ3v) is 5.78. The van der Waals surface area contributed by atoms with Crippen LogP contribution in [0.1, 0.15) is 50.0 Å². The summed E-state index contributed by atoms with van der Waals surface area (Å²) in [6, 6.07) is 0.124. The molecule has 5 heteroatoms. The smallest absolute Gasteiger partial charge is 0.239 e. The van der Waals surface area contributed by atoms with Gasteiger partial charge in [0, 0.05) is 30.6 Å². The highest BCUT2D eigenvalue weighted by molar-refractivity contribution is 7.09. The average Bonchev–Trinajstić information content (AvgIpc) is 3.09. The number of likely N-dealkylation sites (N-methyl/N-ethyl adjacent to an activating group) is 1. The van der Waals surface area contributed by atoms with Crippen molar-refractivity contribution in [3.63, 3.8) is 0 Å². The second kappa shape index (κ2) is 6.88. The lowest BCUT2D eigenvalue weighted by Crippen LogP contribution is -2.52. The lowest BCUT2D eigenvalue weighted by molar-refractivity contribution is -0.139. The van der Waals surface area contributed by atoms with Crippen LogP contribution in [0.4, 0.5) is 0 Å². The molecule has 0 saturated carbocycles. The Hall–Kier alpha value is -0.940. The molecule has 1 amide bonds. The molecule has 2 aliphatic heterocycles. The van der Waals surface area contributed by atoms with Crippen molar-refractivity contribution in [2.24, 2.45) is 0 Å². The van der Waals surface area contributed by atoms with Gasteiger partial charge in [-0.1, -0.05) is 13.3 Å². The second-order valence-electron chi connectivity index (χ2n) is 6.13. The average molecular weight is 307 g/mol. The van der Waals surface area contributed by atoms with E-state index in [1.165, 1.54) is 24.3 Å². The molecule has 1 aromatic rings. The van der Waals surface area contributed by atoms with E-state index in [1.807, 2.05) is 11.6 Å². The summed E-state index contributed by atoms with van der Waals surface area (Å²) in [6.45, 7) is 6.02. The molecule has 4 nitrogen and oxygen atoms in total. The van der Waals surface area contributed by atoms with Gasteiger partial charge in [0.25, 0.3) is 0 Å². The molecule has 0 spiro atoms. The van der Waals surface area contributed by atoms with Gasteiger partial charge in [-0.05, 0) is 38.8 Å². The number of piperidine rings is 2. The zero-order valence-corrected chi connectivity index (χ0v) is 13.6. The minimum absolute atomic E-state index is 0.124. The maximum Gasteiger partial charge on any atom is 0.239 e. The highest BCUT2D eigenvalue weighted by Gasteiger charge is 2.34. The molecule has 3 heterocycles. The number of aromatic nitrogens is 1. The largest absolute Gasteiger partial charge is 0.341 e. The quantitative estimate of drug-likeness (QED) is 0.861. The van der Waals surface area contributed by atoms with E-state index in [4.69, 9.17) is 0 Å². The first-order valence-corrected chi connectivity index (χ1v) is 9.09. The van der Waals surface area contributed by atoms with E-state index in [1.54, 1.807) is 11.3 Å². The number of likely N-dealkylation sites (tertiary alicyclic amines) is 2. The van der Waals surface area contributed by atoms with Crippen LogP contribution in [0.2, 0.25) is 0 Å². The normalized spacial score (nSPS) is 27.8. The van der Waals surface area contributed by atoms with Crippen LogP contribution in [0.25, 0.3) is 0 Å². The van der Waals surface area contributed by atoms with Crippen LogP contribution in [0.3, 0.4) is 0 Å². The van der Waals surface area contributed by atoms with Crippen molar-refractivity contribution in [3.8, 4) is 0 Å². The van der Waals surface area contributed by atoms with Gasteiger partial charge in [0.1, 0.15) is 0 Å². The highest BCUT2D eigenvalue weighted by Crippen LogP contribution is 2.29. The molecule has 0 unspecified atom stereocenters. The van der Waals surface area contributed by atoms with Crippen LogP contribution in [0.15, 0.2) is 11.6 Å². The van der Waals surface area contributed by atoms with Crippen LogP contribution in [-0.2, 0) is 4.79 Å². The molecule has 2 saturated heterocycles. The van der Waals surface area contributed by atoms with Crippen LogP contribution < -0.4 is 0 Å². The summed E-state index contributed by atoms with van der Waals surface area (Å²) >= 11 is 1.72. The third kappa shape index (κ3) is 3.29.